The Labute approximate surface area is 430 Å². The molecule has 370 valence electrons. The normalized spacial score (nSPS) is 17.8. The van der Waals surface area contributed by atoms with E-state index in [1.807, 2.05) is 42.2 Å². The minimum Gasteiger partial charge on any atom is -0.488 e. The van der Waals surface area contributed by atoms with Gasteiger partial charge in [0.15, 0.2) is 0 Å². The minimum atomic E-state index is -0.864. The van der Waals surface area contributed by atoms with Crippen LogP contribution in [0.3, 0.4) is 0 Å². The zero-order valence-corrected chi connectivity index (χ0v) is 42.5. The molecule has 1 N–H and O–H groups in total. The van der Waals surface area contributed by atoms with Crippen molar-refractivity contribution in [1.29, 1.82) is 10.5 Å². The molecule has 2 aliphatic heterocycles. The van der Waals surface area contributed by atoms with Crippen LogP contribution < -0.4 is 18.9 Å². The first kappa shape index (κ1) is 51.4. The number of pyridine rings is 2. The second-order valence-corrected chi connectivity index (χ2v) is 19.8. The molecule has 2 aliphatic rings. The van der Waals surface area contributed by atoms with Crippen LogP contribution in [0.4, 0.5) is 0 Å². The van der Waals surface area contributed by atoms with Crippen LogP contribution in [0.2, 0.25) is 10.0 Å². The number of carboxylic acids is 1. The van der Waals surface area contributed by atoms with Gasteiger partial charge in [0.2, 0.25) is 0 Å². The number of rotatable bonds is 19. The standard InChI is InChI=1S/C57H56Cl2N6O7/c1-34-12-51(38(5)66)64(26-34)28-45-16-49(58)55(18-53(45)69-30-41-14-39(20-60)22-62-24-41)71-32-43-8-6-10-47(36(43)3)48-11-7-9-44(37(48)4)33-72-56-19-54(70-31-42-15-40(21-61)23-63-25-42)46(17-50(56)59)29-65-27-35(2)13-52(65)57(67)68/h6-11,14-19,22-25,34-35,51-52H,12-13,26-33H2,1-5H3,(H,67,68)/t34-,35-,51-,52-/m0/s1. The van der Waals surface area contributed by atoms with Gasteiger partial charge in [-0.05, 0) is 103 Å². The van der Waals surface area contributed by atoms with E-state index < -0.39 is 12.0 Å². The molecule has 6 aromatic rings. The van der Waals surface area contributed by atoms with Crippen molar-refractivity contribution in [2.24, 2.45) is 11.8 Å². The number of Topliss-reactive ketones (excluding diaryl/α,β-unsaturated/α-hetero) is 1. The number of hydrogen-bond acceptors (Lipinski definition) is 12. The van der Waals surface area contributed by atoms with Crippen molar-refractivity contribution >= 4 is 35.0 Å². The predicted molar refractivity (Wildman–Crippen MR) is 274 cm³/mol. The number of carboxylic acid groups (broad SMARTS) is 1. The highest BCUT2D eigenvalue weighted by molar-refractivity contribution is 6.32. The van der Waals surface area contributed by atoms with Crippen LogP contribution in [0.15, 0.2) is 97.6 Å². The maximum absolute atomic E-state index is 12.6. The number of hydrogen-bond donors (Lipinski definition) is 1. The minimum absolute atomic E-state index is 0.120. The van der Waals surface area contributed by atoms with E-state index in [0.29, 0.717) is 81.7 Å². The van der Waals surface area contributed by atoms with Gasteiger partial charge in [-0.25, -0.2) is 0 Å². The summed E-state index contributed by atoms with van der Waals surface area (Å²) in [7, 11) is 0. The van der Waals surface area contributed by atoms with Gasteiger partial charge in [0.1, 0.15) is 73.4 Å². The first-order valence-electron chi connectivity index (χ1n) is 23.9. The predicted octanol–water partition coefficient (Wildman–Crippen LogP) is 11.2. The first-order valence-corrected chi connectivity index (χ1v) is 24.7. The van der Waals surface area contributed by atoms with Gasteiger partial charge >= 0.3 is 5.97 Å². The third-order valence-electron chi connectivity index (χ3n) is 13.5. The van der Waals surface area contributed by atoms with E-state index in [0.717, 1.165) is 63.0 Å². The third kappa shape index (κ3) is 12.2. The lowest BCUT2D eigenvalue weighted by molar-refractivity contribution is -0.142. The maximum Gasteiger partial charge on any atom is 0.320 e. The summed E-state index contributed by atoms with van der Waals surface area (Å²) in [6.07, 6.45) is 7.64. The van der Waals surface area contributed by atoms with E-state index in [9.17, 15) is 25.2 Å². The van der Waals surface area contributed by atoms with Crippen LogP contribution in [-0.4, -0.2) is 61.8 Å². The van der Waals surface area contributed by atoms with E-state index >= 15 is 0 Å². The Balaban J connectivity index is 1.01. The number of benzene rings is 4. The summed E-state index contributed by atoms with van der Waals surface area (Å²) < 4.78 is 25.7. The van der Waals surface area contributed by atoms with Crippen LogP contribution in [0.25, 0.3) is 11.1 Å². The van der Waals surface area contributed by atoms with Gasteiger partial charge in [0, 0.05) is 85.4 Å². The highest BCUT2D eigenvalue weighted by atomic mass is 35.5. The number of halogens is 2. The van der Waals surface area contributed by atoms with E-state index in [1.54, 1.807) is 49.6 Å². The Morgan fingerprint density at radius 1 is 0.625 bits per heavy atom. The largest absolute Gasteiger partial charge is 0.488 e. The van der Waals surface area contributed by atoms with Gasteiger partial charge in [0.25, 0.3) is 0 Å². The Bertz CT molecular complexity index is 2880. The summed E-state index contributed by atoms with van der Waals surface area (Å²) >= 11 is 13.9. The Kier molecular flexibility index (Phi) is 16.4. The average Bonchev–Trinajstić information content (AvgIpc) is 3.94. The van der Waals surface area contributed by atoms with Crippen LogP contribution >= 0.6 is 23.2 Å². The number of aliphatic carboxylic acids is 1. The van der Waals surface area contributed by atoms with Crippen molar-refractivity contribution in [2.75, 3.05) is 13.1 Å². The van der Waals surface area contributed by atoms with Crippen molar-refractivity contribution in [3.8, 4) is 46.3 Å². The molecule has 72 heavy (non-hydrogen) atoms. The molecule has 8 rings (SSSR count). The molecule has 0 bridgehead atoms. The fourth-order valence-electron chi connectivity index (χ4n) is 9.77. The van der Waals surface area contributed by atoms with Gasteiger partial charge in [0.05, 0.1) is 27.2 Å². The second-order valence-electron chi connectivity index (χ2n) is 19.0. The molecule has 2 fully saturated rings. The lowest BCUT2D eigenvalue weighted by atomic mass is 9.92. The van der Waals surface area contributed by atoms with Crippen LogP contribution in [0, 0.1) is 48.3 Å². The molecule has 0 saturated carbocycles. The molecular weight excluding hydrogens is 952 g/mol. The second kappa shape index (κ2) is 23.0. The van der Waals surface area contributed by atoms with Crippen molar-refractivity contribution in [2.45, 2.75) is 99.1 Å². The number of likely N-dealkylation sites (tertiary alicyclic amines) is 2. The number of carbonyl (C=O) groups is 2. The Morgan fingerprint density at radius 2 is 1.06 bits per heavy atom. The molecule has 0 spiro atoms. The van der Waals surface area contributed by atoms with Gasteiger partial charge in [-0.15, -0.1) is 0 Å². The van der Waals surface area contributed by atoms with E-state index in [4.69, 9.17) is 42.1 Å². The molecule has 0 amide bonds. The number of nitriles is 2. The summed E-state index contributed by atoms with van der Waals surface area (Å²) in [4.78, 5) is 37.3. The van der Waals surface area contributed by atoms with Crippen molar-refractivity contribution < 1.29 is 33.6 Å². The van der Waals surface area contributed by atoms with Gasteiger partial charge in [-0.3, -0.25) is 29.4 Å². The van der Waals surface area contributed by atoms with Crippen LogP contribution in [-0.2, 0) is 49.1 Å². The molecule has 2 aromatic heterocycles. The molecule has 0 radical (unpaired) electrons. The number of carbonyl (C=O) groups excluding carboxylic acids is 1. The number of aromatic nitrogens is 2. The SMILES string of the molecule is CC(=O)[C@@H]1C[C@H](C)CN1Cc1cc(Cl)c(OCc2cccc(-c3cccc(COc4cc(OCc5cncc(C#N)c5)c(CN5C[C@@H](C)C[C@H]5C(=O)O)cc4Cl)c3C)c2C)cc1OCc1cncc(C#N)c1. The summed E-state index contributed by atoms with van der Waals surface area (Å²) in [6, 6.07) is 26.3. The van der Waals surface area contributed by atoms with Crippen LogP contribution in [0.1, 0.15) is 89.2 Å². The van der Waals surface area contributed by atoms with E-state index in [1.165, 1.54) is 12.4 Å². The van der Waals surface area contributed by atoms with E-state index in [2.05, 4.69) is 59.9 Å². The average molecular weight is 1010 g/mol. The van der Waals surface area contributed by atoms with Crippen molar-refractivity contribution in [1.82, 2.24) is 19.8 Å². The van der Waals surface area contributed by atoms with Crippen molar-refractivity contribution in [3.05, 3.63) is 163 Å². The highest BCUT2D eigenvalue weighted by Crippen LogP contribution is 2.40. The summed E-state index contributed by atoms with van der Waals surface area (Å²) in [5.74, 6) is 1.75. The summed E-state index contributed by atoms with van der Waals surface area (Å²) in [5.41, 5.74) is 9.82. The van der Waals surface area contributed by atoms with Crippen LogP contribution in [0.5, 0.6) is 23.0 Å². The fraction of sp³-hybridized carbons (Fsp3) is 0.333. The molecule has 0 aliphatic carbocycles. The Morgan fingerprint density at radius 3 is 1.49 bits per heavy atom. The zero-order valence-electron chi connectivity index (χ0n) is 41.0. The lowest BCUT2D eigenvalue weighted by Crippen LogP contribution is -2.35. The highest BCUT2D eigenvalue weighted by Gasteiger charge is 2.36. The van der Waals surface area contributed by atoms with Crippen molar-refractivity contribution in [3.63, 3.8) is 0 Å². The number of nitrogens with zero attached hydrogens (tertiary/aromatic N) is 6. The third-order valence-corrected chi connectivity index (χ3v) is 14.1. The lowest BCUT2D eigenvalue weighted by Gasteiger charge is -2.24. The monoisotopic (exact) mass is 1010 g/mol. The maximum atomic E-state index is 12.6. The van der Waals surface area contributed by atoms with Gasteiger partial charge in [-0.1, -0.05) is 73.4 Å². The number of ether oxygens (including phenoxy) is 4. The van der Waals surface area contributed by atoms with Gasteiger partial charge < -0.3 is 24.1 Å². The quantitative estimate of drug-likeness (QED) is 0.0813. The van der Waals surface area contributed by atoms with Gasteiger partial charge in [-0.2, -0.15) is 10.5 Å². The topological polar surface area (TPSA) is 171 Å². The molecule has 4 aromatic carbocycles. The summed E-state index contributed by atoms with van der Waals surface area (Å²) in [6.45, 7) is 12.8. The molecule has 4 heterocycles. The first-order chi connectivity index (χ1) is 34.7. The molecule has 13 nitrogen and oxygen atoms in total. The molecular formula is C57H56Cl2N6O7. The fourth-order valence-corrected chi connectivity index (χ4v) is 10.3. The molecule has 4 atom stereocenters. The smallest absolute Gasteiger partial charge is 0.320 e. The van der Waals surface area contributed by atoms with E-state index in [-0.39, 0.29) is 44.2 Å². The zero-order chi connectivity index (χ0) is 51.1. The molecule has 15 heteroatoms. The molecule has 0 unspecified atom stereocenters. The Hall–Kier alpha value is -7.00. The number of ketones is 1. The molecule has 2 saturated heterocycles. The summed E-state index contributed by atoms with van der Waals surface area (Å²) in [5, 5.41) is 29.7.